The lowest BCUT2D eigenvalue weighted by Crippen LogP contribution is -2.43. The van der Waals surface area contributed by atoms with Gasteiger partial charge in [0.2, 0.25) is 0 Å². The Kier molecular flexibility index (Phi) is 1.35. The molecule has 3 nitrogen and oxygen atoms in total. The van der Waals surface area contributed by atoms with Crippen LogP contribution in [0.2, 0.25) is 0 Å². The summed E-state index contributed by atoms with van der Waals surface area (Å²) in [6, 6.07) is 0. The Labute approximate surface area is 78.1 Å². The second-order valence-electron chi connectivity index (χ2n) is 4.68. The van der Waals surface area contributed by atoms with E-state index in [2.05, 4.69) is 16.3 Å². The van der Waals surface area contributed by atoms with Crippen molar-refractivity contribution in [1.29, 1.82) is 0 Å². The molecule has 1 heterocycles. The van der Waals surface area contributed by atoms with Crippen LogP contribution in [0.5, 0.6) is 0 Å². The molecule has 13 heavy (non-hydrogen) atoms. The third kappa shape index (κ3) is 0.960. The van der Waals surface area contributed by atoms with E-state index in [-0.39, 0.29) is 5.54 Å². The molecular formula is C10H15N3. The highest BCUT2D eigenvalue weighted by Gasteiger charge is 2.48. The van der Waals surface area contributed by atoms with Crippen LogP contribution in [0, 0.1) is 11.8 Å². The third-order valence-corrected chi connectivity index (χ3v) is 3.92. The molecule has 1 aliphatic heterocycles. The minimum absolute atomic E-state index is 0.0330. The van der Waals surface area contributed by atoms with Crippen LogP contribution in [0.25, 0.3) is 0 Å². The molecule has 0 aromatic rings. The topological polar surface area (TPSA) is 50.7 Å². The molecule has 0 radical (unpaired) electrons. The number of hydrogen-bond donors (Lipinski definition) is 1. The smallest absolute Gasteiger partial charge is 0.144 e. The molecule has 0 saturated heterocycles. The predicted octanol–water partition coefficient (Wildman–Crippen LogP) is 2.20. The Morgan fingerprint density at radius 2 is 2.08 bits per heavy atom. The number of nitrogens with two attached hydrogens (primary N) is 1. The fourth-order valence-corrected chi connectivity index (χ4v) is 3.26. The average Bonchev–Trinajstić information content (AvgIpc) is 2.49. The van der Waals surface area contributed by atoms with Crippen LogP contribution in [-0.4, -0.2) is 5.54 Å². The van der Waals surface area contributed by atoms with Crippen molar-refractivity contribution in [3.05, 3.63) is 11.9 Å². The zero-order valence-corrected chi connectivity index (χ0v) is 7.74. The highest BCUT2D eigenvalue weighted by molar-refractivity contribution is 5.21. The summed E-state index contributed by atoms with van der Waals surface area (Å²) in [5.74, 6) is 2.24. The van der Waals surface area contributed by atoms with Gasteiger partial charge in [0, 0.05) is 0 Å². The number of nitrogens with zero attached hydrogens (tertiary/aromatic N) is 2. The Morgan fingerprint density at radius 3 is 2.54 bits per heavy atom. The van der Waals surface area contributed by atoms with E-state index in [0.29, 0.717) is 5.82 Å². The molecule has 0 amide bonds. The zero-order valence-electron chi connectivity index (χ0n) is 7.74. The molecule has 0 aromatic heterocycles. The molecule has 4 rings (SSSR count). The maximum atomic E-state index is 5.67. The minimum atomic E-state index is 0.0330. The Morgan fingerprint density at radius 1 is 1.31 bits per heavy atom. The molecule has 1 spiro atoms. The lowest BCUT2D eigenvalue weighted by molar-refractivity contribution is 0.102. The van der Waals surface area contributed by atoms with Crippen molar-refractivity contribution in [2.75, 3.05) is 0 Å². The lowest BCUT2D eigenvalue weighted by atomic mass is 9.61. The summed E-state index contributed by atoms with van der Waals surface area (Å²) < 4.78 is 0. The molecule has 3 aliphatic carbocycles. The maximum Gasteiger partial charge on any atom is 0.144 e. The van der Waals surface area contributed by atoms with Crippen LogP contribution in [0.15, 0.2) is 22.1 Å². The van der Waals surface area contributed by atoms with E-state index < -0.39 is 0 Å². The Hall–Kier alpha value is -0.860. The fraction of sp³-hybridized carbons (Fsp3) is 0.800. The molecule has 70 valence electrons. The van der Waals surface area contributed by atoms with E-state index in [1.807, 2.05) is 0 Å². The van der Waals surface area contributed by atoms with Crippen LogP contribution in [0.4, 0.5) is 0 Å². The first-order chi connectivity index (χ1) is 6.28. The van der Waals surface area contributed by atoms with Crippen LogP contribution < -0.4 is 5.73 Å². The maximum absolute atomic E-state index is 5.67. The van der Waals surface area contributed by atoms with Gasteiger partial charge in [0.15, 0.2) is 0 Å². The molecule has 2 bridgehead atoms. The summed E-state index contributed by atoms with van der Waals surface area (Å²) in [7, 11) is 0. The molecule has 4 aliphatic rings. The summed E-state index contributed by atoms with van der Waals surface area (Å²) in [5, 5.41) is 8.39. The summed E-state index contributed by atoms with van der Waals surface area (Å²) >= 11 is 0. The van der Waals surface area contributed by atoms with Gasteiger partial charge in [0.1, 0.15) is 11.4 Å². The standard InChI is InChI=1S/C10H15N3/c11-9-6-10(13-12-9)5-7-1-3-8(10)4-2-7/h6-8H,1-5,11H2. The molecule has 3 saturated carbocycles. The summed E-state index contributed by atoms with van der Waals surface area (Å²) in [4.78, 5) is 0. The van der Waals surface area contributed by atoms with Gasteiger partial charge in [0.25, 0.3) is 0 Å². The van der Waals surface area contributed by atoms with E-state index in [4.69, 9.17) is 5.73 Å². The van der Waals surface area contributed by atoms with Crippen molar-refractivity contribution < 1.29 is 0 Å². The largest absolute Gasteiger partial charge is 0.382 e. The van der Waals surface area contributed by atoms with E-state index in [0.717, 1.165) is 11.8 Å². The van der Waals surface area contributed by atoms with Crippen LogP contribution in [0.1, 0.15) is 32.1 Å². The first kappa shape index (κ1) is 7.54. The van der Waals surface area contributed by atoms with Gasteiger partial charge < -0.3 is 5.73 Å². The predicted molar refractivity (Wildman–Crippen MR) is 49.9 cm³/mol. The highest BCUT2D eigenvalue weighted by atomic mass is 15.2. The second kappa shape index (κ2) is 2.34. The van der Waals surface area contributed by atoms with Crippen molar-refractivity contribution in [3.8, 4) is 0 Å². The highest BCUT2D eigenvalue weighted by Crippen LogP contribution is 2.51. The van der Waals surface area contributed by atoms with Crippen LogP contribution in [-0.2, 0) is 0 Å². The Bertz CT molecular complexity index is 287. The van der Waals surface area contributed by atoms with Crippen LogP contribution >= 0.6 is 0 Å². The van der Waals surface area contributed by atoms with E-state index in [1.165, 1.54) is 32.1 Å². The first-order valence-electron chi connectivity index (χ1n) is 5.20. The normalized spacial score (nSPS) is 47.2. The monoisotopic (exact) mass is 177 g/mol. The minimum Gasteiger partial charge on any atom is -0.382 e. The van der Waals surface area contributed by atoms with E-state index in [9.17, 15) is 0 Å². The quantitative estimate of drug-likeness (QED) is 0.606. The van der Waals surface area contributed by atoms with E-state index >= 15 is 0 Å². The zero-order chi connectivity index (χ0) is 8.89. The molecule has 3 fully saturated rings. The van der Waals surface area contributed by atoms with Crippen LogP contribution in [0.3, 0.4) is 0 Å². The van der Waals surface area contributed by atoms with Gasteiger partial charge in [0.05, 0.1) is 0 Å². The van der Waals surface area contributed by atoms with E-state index in [1.54, 1.807) is 0 Å². The van der Waals surface area contributed by atoms with Gasteiger partial charge in [-0.25, -0.2) is 0 Å². The van der Waals surface area contributed by atoms with Crippen molar-refractivity contribution >= 4 is 0 Å². The SMILES string of the molecule is NC1=CC2(CC3CCC2CC3)N=N1. The summed E-state index contributed by atoms with van der Waals surface area (Å²) in [6.45, 7) is 0. The summed E-state index contributed by atoms with van der Waals surface area (Å²) in [5.41, 5.74) is 5.71. The molecule has 2 N–H and O–H groups in total. The van der Waals surface area contributed by atoms with Crippen molar-refractivity contribution in [2.24, 2.45) is 27.8 Å². The average molecular weight is 177 g/mol. The van der Waals surface area contributed by atoms with Gasteiger partial charge in [-0.15, -0.1) is 5.11 Å². The summed E-state index contributed by atoms with van der Waals surface area (Å²) in [6.07, 6.45) is 8.75. The third-order valence-electron chi connectivity index (χ3n) is 3.92. The van der Waals surface area contributed by atoms with Crippen molar-refractivity contribution in [2.45, 2.75) is 37.6 Å². The van der Waals surface area contributed by atoms with Gasteiger partial charge in [-0.3, -0.25) is 0 Å². The second-order valence-corrected chi connectivity index (χ2v) is 4.68. The molecule has 1 unspecified atom stereocenters. The molecular weight excluding hydrogens is 162 g/mol. The van der Waals surface area contributed by atoms with Gasteiger partial charge in [-0.05, 0) is 50.0 Å². The van der Waals surface area contributed by atoms with Crippen molar-refractivity contribution in [3.63, 3.8) is 0 Å². The Balaban J connectivity index is 1.97. The number of fused-ring (bicyclic) bond motifs is 2. The first-order valence-corrected chi connectivity index (χ1v) is 5.20. The van der Waals surface area contributed by atoms with Gasteiger partial charge in [-0.2, -0.15) is 5.11 Å². The fourth-order valence-electron chi connectivity index (χ4n) is 3.26. The van der Waals surface area contributed by atoms with Gasteiger partial charge in [-0.1, -0.05) is 0 Å². The number of hydrogen-bond acceptors (Lipinski definition) is 3. The molecule has 3 heteroatoms. The van der Waals surface area contributed by atoms with Crippen molar-refractivity contribution in [1.82, 2.24) is 0 Å². The number of azo groups is 1. The van der Waals surface area contributed by atoms with Gasteiger partial charge >= 0.3 is 0 Å². The molecule has 1 atom stereocenters. The lowest BCUT2D eigenvalue weighted by Gasteiger charge is -2.46. The number of rotatable bonds is 0. The molecule has 0 aromatic carbocycles.